The van der Waals surface area contributed by atoms with Gasteiger partial charge in [-0.1, -0.05) is 12.1 Å². The van der Waals surface area contributed by atoms with Crippen molar-refractivity contribution in [2.24, 2.45) is 4.99 Å². The Morgan fingerprint density at radius 3 is 2.62 bits per heavy atom. The summed E-state index contributed by atoms with van der Waals surface area (Å²) in [6.45, 7) is 1.78. The number of hydrogen-bond acceptors (Lipinski definition) is 4. The molecule has 84 valence electrons. The van der Waals surface area contributed by atoms with E-state index in [9.17, 15) is 10.1 Å². The second-order valence-electron chi connectivity index (χ2n) is 3.68. The zero-order valence-corrected chi connectivity index (χ0v) is 8.85. The first-order valence-corrected chi connectivity index (χ1v) is 5.26. The van der Waals surface area contributed by atoms with Crippen LogP contribution in [0.5, 0.6) is 0 Å². The first kappa shape index (κ1) is 10.6. The van der Waals surface area contributed by atoms with E-state index in [1.165, 1.54) is 0 Å². The van der Waals surface area contributed by atoms with Gasteiger partial charge in [0.1, 0.15) is 0 Å². The van der Waals surface area contributed by atoms with Gasteiger partial charge in [0.15, 0.2) is 0 Å². The second kappa shape index (κ2) is 4.74. The van der Waals surface area contributed by atoms with E-state index < -0.39 is 0 Å². The molecule has 0 bridgehead atoms. The van der Waals surface area contributed by atoms with E-state index >= 15 is 0 Å². The van der Waals surface area contributed by atoms with Crippen LogP contribution < -0.4 is 5.32 Å². The molecular weight excluding hydrogens is 206 g/mol. The van der Waals surface area contributed by atoms with Crippen molar-refractivity contribution >= 4 is 11.5 Å². The maximum Gasteiger partial charge on any atom is 0.269 e. The molecule has 1 aliphatic rings. The fraction of sp³-hybridized carbons (Fsp3) is 0.364. The lowest BCUT2D eigenvalue weighted by Crippen LogP contribution is -2.18. The molecular formula is C11H13N3O2. The molecule has 0 spiro atoms. The summed E-state index contributed by atoms with van der Waals surface area (Å²) in [4.78, 5) is 14.4. The third kappa shape index (κ3) is 2.56. The summed E-state index contributed by atoms with van der Waals surface area (Å²) in [5, 5.41) is 13.7. The highest BCUT2D eigenvalue weighted by Gasteiger charge is 2.07. The molecule has 1 aromatic carbocycles. The van der Waals surface area contributed by atoms with Crippen molar-refractivity contribution < 1.29 is 4.92 Å². The molecule has 1 aromatic rings. The van der Waals surface area contributed by atoms with E-state index in [1.54, 1.807) is 24.3 Å². The number of aryl methyl sites for hydroxylation is 1. The maximum atomic E-state index is 10.5. The number of rotatable bonds is 4. The Bertz CT molecular complexity index is 412. The van der Waals surface area contributed by atoms with Gasteiger partial charge in [0.25, 0.3) is 5.69 Å². The van der Waals surface area contributed by atoms with Gasteiger partial charge in [-0.25, -0.2) is 0 Å². The smallest absolute Gasteiger partial charge is 0.269 e. The molecule has 0 atom stereocenters. The van der Waals surface area contributed by atoms with Gasteiger partial charge in [-0.05, 0) is 12.0 Å². The Morgan fingerprint density at radius 2 is 2.06 bits per heavy atom. The number of non-ortho nitro benzene ring substituents is 1. The Morgan fingerprint density at radius 1 is 1.31 bits per heavy atom. The molecule has 0 fully saturated rings. The van der Waals surface area contributed by atoms with Crippen LogP contribution in [-0.2, 0) is 6.42 Å². The van der Waals surface area contributed by atoms with E-state index in [2.05, 4.69) is 10.3 Å². The normalized spacial score (nSPS) is 14.4. The van der Waals surface area contributed by atoms with Crippen molar-refractivity contribution in [1.82, 2.24) is 5.32 Å². The highest BCUT2D eigenvalue weighted by Crippen LogP contribution is 2.13. The van der Waals surface area contributed by atoms with Crippen LogP contribution >= 0.6 is 0 Å². The molecule has 5 heteroatoms. The lowest BCUT2D eigenvalue weighted by molar-refractivity contribution is -0.384. The lowest BCUT2D eigenvalue weighted by Gasteiger charge is -2.02. The Kier molecular flexibility index (Phi) is 3.14. The minimum absolute atomic E-state index is 0.139. The summed E-state index contributed by atoms with van der Waals surface area (Å²) in [7, 11) is 0. The minimum atomic E-state index is -0.383. The number of aliphatic imine (C=N–C) groups is 1. The van der Waals surface area contributed by atoms with Gasteiger partial charge in [-0.3, -0.25) is 15.1 Å². The summed E-state index contributed by atoms with van der Waals surface area (Å²) in [6.07, 6.45) is 1.74. The quantitative estimate of drug-likeness (QED) is 0.616. The van der Waals surface area contributed by atoms with Crippen LogP contribution in [-0.4, -0.2) is 23.8 Å². The minimum Gasteiger partial charge on any atom is -0.372 e. The van der Waals surface area contributed by atoms with Crippen LogP contribution in [0.3, 0.4) is 0 Å². The van der Waals surface area contributed by atoms with Gasteiger partial charge < -0.3 is 5.32 Å². The van der Waals surface area contributed by atoms with Crippen molar-refractivity contribution in [2.45, 2.75) is 12.8 Å². The Labute approximate surface area is 93.3 Å². The molecule has 0 amide bonds. The van der Waals surface area contributed by atoms with Gasteiger partial charge in [0.2, 0.25) is 0 Å². The summed E-state index contributed by atoms with van der Waals surface area (Å²) in [6, 6.07) is 6.68. The molecule has 0 saturated carbocycles. The number of nitro benzene ring substituents is 1. The maximum absolute atomic E-state index is 10.5. The van der Waals surface area contributed by atoms with E-state index in [0.717, 1.165) is 37.3 Å². The highest BCUT2D eigenvalue weighted by molar-refractivity contribution is 5.83. The monoisotopic (exact) mass is 219 g/mol. The number of amidine groups is 1. The Hall–Kier alpha value is -1.91. The average Bonchev–Trinajstić information content (AvgIpc) is 2.80. The van der Waals surface area contributed by atoms with Crippen molar-refractivity contribution in [3.05, 3.63) is 39.9 Å². The van der Waals surface area contributed by atoms with Crippen molar-refractivity contribution in [3.63, 3.8) is 0 Å². The summed E-state index contributed by atoms with van der Waals surface area (Å²) < 4.78 is 0. The molecule has 0 saturated heterocycles. The number of nitrogens with one attached hydrogen (secondary N) is 1. The van der Waals surface area contributed by atoms with Crippen molar-refractivity contribution in [2.75, 3.05) is 13.1 Å². The molecule has 0 radical (unpaired) electrons. The van der Waals surface area contributed by atoms with Gasteiger partial charge in [0, 0.05) is 25.1 Å². The number of nitro groups is 1. The number of hydrogen-bond donors (Lipinski definition) is 1. The zero-order valence-electron chi connectivity index (χ0n) is 8.85. The van der Waals surface area contributed by atoms with Crippen LogP contribution in [0.15, 0.2) is 29.3 Å². The molecule has 16 heavy (non-hydrogen) atoms. The van der Waals surface area contributed by atoms with E-state index in [4.69, 9.17) is 0 Å². The molecule has 1 heterocycles. The molecule has 0 aliphatic carbocycles. The highest BCUT2D eigenvalue weighted by atomic mass is 16.6. The molecule has 2 rings (SSSR count). The molecule has 1 N–H and O–H groups in total. The van der Waals surface area contributed by atoms with Crippen molar-refractivity contribution in [3.8, 4) is 0 Å². The Balaban J connectivity index is 1.92. The van der Waals surface area contributed by atoms with E-state index in [1.807, 2.05) is 0 Å². The van der Waals surface area contributed by atoms with Crippen LogP contribution in [0, 0.1) is 10.1 Å². The SMILES string of the molecule is O=[N+]([O-])c1ccc(CCC2=NCCN2)cc1. The predicted octanol–water partition coefficient (Wildman–Crippen LogP) is 1.53. The second-order valence-corrected chi connectivity index (χ2v) is 3.68. The molecule has 0 aromatic heterocycles. The third-order valence-electron chi connectivity index (χ3n) is 2.54. The van der Waals surface area contributed by atoms with Crippen molar-refractivity contribution in [1.29, 1.82) is 0 Å². The fourth-order valence-electron chi connectivity index (χ4n) is 1.66. The molecule has 0 unspecified atom stereocenters. The standard InChI is InChI=1S/C11H13N3O2/c15-14(16)10-4-1-9(2-5-10)3-6-11-12-7-8-13-11/h1-2,4-5H,3,6-8H2,(H,12,13). The summed E-state index contributed by atoms with van der Waals surface area (Å²) >= 11 is 0. The third-order valence-corrected chi connectivity index (χ3v) is 2.54. The summed E-state index contributed by atoms with van der Waals surface area (Å²) in [5.41, 5.74) is 1.24. The topological polar surface area (TPSA) is 67.5 Å². The average molecular weight is 219 g/mol. The number of benzene rings is 1. The van der Waals surface area contributed by atoms with Crippen LogP contribution in [0.1, 0.15) is 12.0 Å². The van der Waals surface area contributed by atoms with Crippen LogP contribution in [0.2, 0.25) is 0 Å². The number of nitrogens with zero attached hydrogens (tertiary/aromatic N) is 2. The van der Waals surface area contributed by atoms with Gasteiger partial charge in [-0.15, -0.1) is 0 Å². The fourth-order valence-corrected chi connectivity index (χ4v) is 1.66. The largest absolute Gasteiger partial charge is 0.372 e. The zero-order chi connectivity index (χ0) is 11.4. The van der Waals surface area contributed by atoms with Crippen LogP contribution in [0.4, 0.5) is 5.69 Å². The first-order valence-electron chi connectivity index (χ1n) is 5.26. The van der Waals surface area contributed by atoms with E-state index in [-0.39, 0.29) is 10.6 Å². The predicted molar refractivity (Wildman–Crippen MR) is 61.7 cm³/mol. The summed E-state index contributed by atoms with van der Waals surface area (Å²) in [5.74, 6) is 1.04. The van der Waals surface area contributed by atoms with Gasteiger partial charge in [0.05, 0.1) is 17.3 Å². The van der Waals surface area contributed by atoms with Gasteiger partial charge >= 0.3 is 0 Å². The molecule has 1 aliphatic heterocycles. The van der Waals surface area contributed by atoms with Crippen LogP contribution in [0.25, 0.3) is 0 Å². The van der Waals surface area contributed by atoms with Gasteiger partial charge in [-0.2, -0.15) is 0 Å². The van der Waals surface area contributed by atoms with E-state index in [0.29, 0.717) is 0 Å². The first-order chi connectivity index (χ1) is 7.75. The molecule has 5 nitrogen and oxygen atoms in total. The lowest BCUT2D eigenvalue weighted by atomic mass is 10.1.